The van der Waals surface area contributed by atoms with Crippen molar-refractivity contribution in [2.45, 2.75) is 13.3 Å². The van der Waals surface area contributed by atoms with Gasteiger partial charge in [-0.2, -0.15) is 5.26 Å². The maximum atomic E-state index is 12.2. The molecule has 1 saturated heterocycles. The molecule has 1 aromatic carbocycles. The predicted octanol–water partition coefficient (Wildman–Crippen LogP) is 2.35. The standard InChI is InChI=1S/C14H14N4OS/c1-9-3-2-4-11-12(9)20-14(16-11)17-13(19)10-5-6-18(7-10)8-15/h2-4,10H,5-7H2,1H3,(H,16,17,19)/t10-/m0/s1. The van der Waals surface area contributed by atoms with Gasteiger partial charge in [0.2, 0.25) is 5.91 Å². The Morgan fingerprint density at radius 3 is 3.15 bits per heavy atom. The number of nitrogens with zero attached hydrogens (tertiary/aromatic N) is 3. The summed E-state index contributed by atoms with van der Waals surface area (Å²) >= 11 is 1.50. The molecule has 102 valence electrons. The molecule has 0 aliphatic carbocycles. The molecule has 0 radical (unpaired) electrons. The molecule has 3 rings (SSSR count). The third-order valence-electron chi connectivity index (χ3n) is 3.54. The third kappa shape index (κ3) is 2.32. The molecule has 5 nitrogen and oxygen atoms in total. The van der Waals surface area contributed by atoms with Gasteiger partial charge in [-0.3, -0.25) is 4.79 Å². The Morgan fingerprint density at radius 2 is 2.45 bits per heavy atom. The van der Waals surface area contributed by atoms with Gasteiger partial charge in [-0.15, -0.1) is 0 Å². The maximum Gasteiger partial charge on any atom is 0.231 e. The average Bonchev–Trinajstić information content (AvgIpc) is 3.05. The number of benzene rings is 1. The quantitative estimate of drug-likeness (QED) is 0.860. The number of anilines is 1. The van der Waals surface area contributed by atoms with Crippen LogP contribution in [0.3, 0.4) is 0 Å². The van der Waals surface area contributed by atoms with E-state index in [2.05, 4.69) is 16.5 Å². The Morgan fingerprint density at radius 1 is 1.60 bits per heavy atom. The fraction of sp³-hybridized carbons (Fsp3) is 0.357. The first-order valence-corrected chi connectivity index (χ1v) is 7.30. The Bertz CT molecular complexity index is 703. The Balaban J connectivity index is 1.75. The zero-order chi connectivity index (χ0) is 14.1. The van der Waals surface area contributed by atoms with Crippen LogP contribution in [0, 0.1) is 24.3 Å². The lowest BCUT2D eigenvalue weighted by molar-refractivity contribution is -0.119. The van der Waals surface area contributed by atoms with Crippen molar-refractivity contribution in [3.63, 3.8) is 0 Å². The number of hydrogen-bond donors (Lipinski definition) is 1. The SMILES string of the molecule is Cc1cccc2nc(NC(=O)[C@H]3CCN(C#N)C3)sc12. The van der Waals surface area contributed by atoms with E-state index in [0.29, 0.717) is 18.2 Å². The van der Waals surface area contributed by atoms with Crippen LogP contribution >= 0.6 is 11.3 Å². The number of likely N-dealkylation sites (tertiary alicyclic amines) is 1. The van der Waals surface area contributed by atoms with Crippen LogP contribution in [0.4, 0.5) is 5.13 Å². The molecule has 0 spiro atoms. The lowest BCUT2D eigenvalue weighted by atomic mass is 10.1. The molecular weight excluding hydrogens is 272 g/mol. The lowest BCUT2D eigenvalue weighted by Crippen LogP contribution is -2.25. The van der Waals surface area contributed by atoms with Crippen LogP contribution in [0.1, 0.15) is 12.0 Å². The molecule has 0 unspecified atom stereocenters. The monoisotopic (exact) mass is 286 g/mol. The first-order valence-electron chi connectivity index (χ1n) is 6.49. The lowest BCUT2D eigenvalue weighted by Gasteiger charge is -2.08. The summed E-state index contributed by atoms with van der Waals surface area (Å²) in [7, 11) is 0. The molecule has 6 heteroatoms. The predicted molar refractivity (Wildman–Crippen MR) is 78.3 cm³/mol. The van der Waals surface area contributed by atoms with Crippen molar-refractivity contribution in [1.29, 1.82) is 5.26 Å². The van der Waals surface area contributed by atoms with Crippen LogP contribution in [0.2, 0.25) is 0 Å². The molecule has 1 aliphatic heterocycles. The van der Waals surface area contributed by atoms with Crippen LogP contribution in [-0.2, 0) is 4.79 Å². The molecular formula is C14H14N4OS. The first kappa shape index (κ1) is 12.9. The van der Waals surface area contributed by atoms with Crippen LogP contribution < -0.4 is 5.32 Å². The number of hydrogen-bond acceptors (Lipinski definition) is 5. The summed E-state index contributed by atoms with van der Waals surface area (Å²) in [5, 5.41) is 12.3. The minimum Gasteiger partial charge on any atom is -0.310 e. The zero-order valence-corrected chi connectivity index (χ0v) is 11.9. The van der Waals surface area contributed by atoms with Gasteiger partial charge in [0.25, 0.3) is 0 Å². The smallest absolute Gasteiger partial charge is 0.231 e. The summed E-state index contributed by atoms with van der Waals surface area (Å²) in [4.78, 5) is 18.2. The average molecular weight is 286 g/mol. The van der Waals surface area contributed by atoms with Crippen LogP contribution in [0.25, 0.3) is 10.2 Å². The molecule has 1 aromatic heterocycles. The second kappa shape index (κ2) is 5.10. The topological polar surface area (TPSA) is 69.0 Å². The number of carbonyl (C=O) groups excluding carboxylic acids is 1. The molecule has 20 heavy (non-hydrogen) atoms. The van der Waals surface area contributed by atoms with Crippen molar-refractivity contribution in [2.24, 2.45) is 5.92 Å². The number of amides is 1. The molecule has 2 aromatic rings. The second-order valence-electron chi connectivity index (χ2n) is 4.96. The summed E-state index contributed by atoms with van der Waals surface area (Å²) in [5.41, 5.74) is 2.08. The van der Waals surface area contributed by atoms with Crippen molar-refractivity contribution in [3.05, 3.63) is 23.8 Å². The Labute approximate surface area is 120 Å². The van der Waals surface area contributed by atoms with Gasteiger partial charge in [-0.25, -0.2) is 4.98 Å². The summed E-state index contributed by atoms with van der Waals surface area (Å²) < 4.78 is 1.10. The second-order valence-corrected chi connectivity index (χ2v) is 5.96. The number of nitrogens with one attached hydrogen (secondary N) is 1. The highest BCUT2D eigenvalue weighted by atomic mass is 32.1. The highest BCUT2D eigenvalue weighted by Gasteiger charge is 2.28. The number of fused-ring (bicyclic) bond motifs is 1. The van der Waals surface area contributed by atoms with E-state index in [4.69, 9.17) is 5.26 Å². The summed E-state index contributed by atoms with van der Waals surface area (Å²) in [6.45, 7) is 3.20. The zero-order valence-electron chi connectivity index (χ0n) is 11.1. The van der Waals surface area contributed by atoms with Crippen molar-refractivity contribution in [2.75, 3.05) is 18.4 Å². The van der Waals surface area contributed by atoms with Gasteiger partial charge in [0.1, 0.15) is 0 Å². The number of aromatic nitrogens is 1. The van der Waals surface area contributed by atoms with E-state index in [0.717, 1.165) is 22.2 Å². The molecule has 1 fully saturated rings. The van der Waals surface area contributed by atoms with Crippen LogP contribution in [0.15, 0.2) is 18.2 Å². The maximum absolute atomic E-state index is 12.2. The minimum absolute atomic E-state index is 0.0422. The number of thiazole rings is 1. The number of carbonyl (C=O) groups is 1. The van der Waals surface area contributed by atoms with Gasteiger partial charge in [0, 0.05) is 13.1 Å². The summed E-state index contributed by atoms with van der Waals surface area (Å²) in [5.74, 6) is -0.165. The van der Waals surface area contributed by atoms with E-state index in [9.17, 15) is 4.79 Å². The van der Waals surface area contributed by atoms with Crippen molar-refractivity contribution in [1.82, 2.24) is 9.88 Å². The van der Waals surface area contributed by atoms with E-state index in [-0.39, 0.29) is 11.8 Å². The fourth-order valence-corrected chi connectivity index (χ4v) is 3.35. The molecule has 1 amide bonds. The van der Waals surface area contributed by atoms with E-state index in [1.54, 1.807) is 4.90 Å². The van der Waals surface area contributed by atoms with E-state index < -0.39 is 0 Å². The Kier molecular flexibility index (Phi) is 3.28. The van der Waals surface area contributed by atoms with E-state index >= 15 is 0 Å². The first-order chi connectivity index (χ1) is 9.67. The number of nitriles is 1. The highest BCUT2D eigenvalue weighted by molar-refractivity contribution is 7.22. The molecule has 1 N–H and O–H groups in total. The molecule has 0 bridgehead atoms. The van der Waals surface area contributed by atoms with Crippen molar-refractivity contribution >= 4 is 32.6 Å². The van der Waals surface area contributed by atoms with Crippen LogP contribution in [0.5, 0.6) is 0 Å². The van der Waals surface area contributed by atoms with Gasteiger partial charge >= 0.3 is 0 Å². The highest BCUT2D eigenvalue weighted by Crippen LogP contribution is 2.29. The van der Waals surface area contributed by atoms with Gasteiger partial charge in [0.15, 0.2) is 11.3 Å². The molecule has 1 aliphatic rings. The van der Waals surface area contributed by atoms with Crippen molar-refractivity contribution < 1.29 is 4.79 Å². The normalized spacial score (nSPS) is 18.2. The minimum atomic E-state index is -0.122. The van der Waals surface area contributed by atoms with E-state index in [1.807, 2.05) is 25.1 Å². The fourth-order valence-electron chi connectivity index (χ4n) is 2.41. The summed E-state index contributed by atoms with van der Waals surface area (Å²) in [6.07, 6.45) is 2.81. The summed E-state index contributed by atoms with van der Waals surface area (Å²) in [6, 6.07) is 5.94. The molecule has 2 heterocycles. The van der Waals surface area contributed by atoms with Crippen LogP contribution in [-0.4, -0.2) is 28.9 Å². The van der Waals surface area contributed by atoms with Crippen molar-refractivity contribution in [3.8, 4) is 6.19 Å². The van der Waals surface area contributed by atoms with Gasteiger partial charge in [0.05, 0.1) is 16.1 Å². The van der Waals surface area contributed by atoms with Gasteiger partial charge in [-0.05, 0) is 25.0 Å². The number of aryl methyl sites for hydroxylation is 1. The largest absolute Gasteiger partial charge is 0.310 e. The third-order valence-corrected chi connectivity index (χ3v) is 4.66. The molecule has 0 saturated carbocycles. The van der Waals surface area contributed by atoms with Gasteiger partial charge < -0.3 is 10.2 Å². The Hall–Kier alpha value is -2.13. The molecule has 1 atom stereocenters. The van der Waals surface area contributed by atoms with Gasteiger partial charge in [-0.1, -0.05) is 23.5 Å². The number of rotatable bonds is 2. The van der Waals surface area contributed by atoms with E-state index in [1.165, 1.54) is 11.3 Å².